The summed E-state index contributed by atoms with van der Waals surface area (Å²) >= 11 is 3.46. The number of halogens is 1. The molecule has 2 amide bonds. The highest BCUT2D eigenvalue weighted by molar-refractivity contribution is 9.10. The van der Waals surface area contributed by atoms with E-state index in [1.807, 2.05) is 24.3 Å². The molecule has 1 aromatic carbocycles. The Kier molecular flexibility index (Phi) is 5.34. The van der Waals surface area contributed by atoms with Gasteiger partial charge >= 0.3 is 6.09 Å². The highest BCUT2D eigenvalue weighted by Gasteiger charge is 2.45. The molecule has 6 heteroatoms. The zero-order valence-corrected chi connectivity index (χ0v) is 15.3. The van der Waals surface area contributed by atoms with Crippen LogP contribution in [0.15, 0.2) is 28.7 Å². The average molecular weight is 383 g/mol. The second kappa shape index (κ2) is 6.91. The van der Waals surface area contributed by atoms with Crippen LogP contribution in [0.3, 0.4) is 0 Å². The molecule has 0 spiro atoms. The Hall–Kier alpha value is -1.56. The molecule has 1 saturated carbocycles. The van der Waals surface area contributed by atoms with Crippen LogP contribution >= 0.6 is 15.9 Å². The maximum absolute atomic E-state index is 12.1. The van der Waals surface area contributed by atoms with Gasteiger partial charge in [-0.25, -0.2) is 4.79 Å². The van der Waals surface area contributed by atoms with Crippen molar-refractivity contribution in [2.45, 2.75) is 51.2 Å². The van der Waals surface area contributed by atoms with Gasteiger partial charge in [-0.2, -0.15) is 0 Å². The monoisotopic (exact) mass is 382 g/mol. The molecule has 5 nitrogen and oxygen atoms in total. The Morgan fingerprint density at radius 2 is 2.00 bits per heavy atom. The van der Waals surface area contributed by atoms with Gasteiger partial charge in [0, 0.05) is 17.4 Å². The molecule has 1 fully saturated rings. The third-order valence-electron chi connectivity index (χ3n) is 3.53. The number of amides is 2. The molecule has 126 valence electrons. The fourth-order valence-corrected chi connectivity index (χ4v) is 2.72. The van der Waals surface area contributed by atoms with Gasteiger partial charge in [0.15, 0.2) is 0 Å². The van der Waals surface area contributed by atoms with Crippen molar-refractivity contribution in [3.8, 4) is 0 Å². The van der Waals surface area contributed by atoms with Crippen LogP contribution in [0.5, 0.6) is 0 Å². The summed E-state index contributed by atoms with van der Waals surface area (Å²) < 4.78 is 6.13. The van der Waals surface area contributed by atoms with E-state index >= 15 is 0 Å². The number of carbonyl (C=O) groups excluding carboxylic acids is 2. The zero-order valence-electron chi connectivity index (χ0n) is 13.7. The minimum absolute atomic E-state index is 0.0708. The molecule has 2 N–H and O–H groups in total. The number of hydrogen-bond donors (Lipinski definition) is 2. The average Bonchev–Trinajstić information content (AvgIpc) is 3.17. The second-order valence-electron chi connectivity index (χ2n) is 6.82. The number of nitrogens with one attached hydrogen (secondary N) is 2. The lowest BCUT2D eigenvalue weighted by molar-refractivity contribution is -0.122. The Morgan fingerprint density at radius 1 is 1.30 bits per heavy atom. The molecule has 2 rings (SSSR count). The number of ether oxygens (including phenoxy) is 1. The van der Waals surface area contributed by atoms with E-state index in [9.17, 15) is 9.59 Å². The predicted molar refractivity (Wildman–Crippen MR) is 92.1 cm³/mol. The zero-order chi connectivity index (χ0) is 17.1. The molecule has 1 aliphatic carbocycles. The first kappa shape index (κ1) is 17.8. The molecule has 1 aromatic rings. The molecule has 0 bridgehead atoms. The van der Waals surface area contributed by atoms with Crippen LogP contribution < -0.4 is 10.6 Å². The van der Waals surface area contributed by atoms with Crippen molar-refractivity contribution in [2.24, 2.45) is 0 Å². The topological polar surface area (TPSA) is 67.4 Å². The SMILES string of the molecule is CC(C)(C)OC(=O)NCCC(=O)NC1(c2cccc(Br)c2)CC1. The first-order valence-corrected chi connectivity index (χ1v) is 8.53. The van der Waals surface area contributed by atoms with Gasteiger partial charge in [-0.3, -0.25) is 4.79 Å². The molecule has 0 saturated heterocycles. The first-order valence-electron chi connectivity index (χ1n) is 7.74. The van der Waals surface area contributed by atoms with E-state index in [-0.39, 0.29) is 24.4 Å². The Bertz CT molecular complexity index is 592. The summed E-state index contributed by atoms with van der Waals surface area (Å²) in [7, 11) is 0. The highest BCUT2D eigenvalue weighted by atomic mass is 79.9. The standard InChI is InChI=1S/C17H23BrN2O3/c1-16(2,3)23-15(22)19-10-7-14(21)20-17(8-9-17)12-5-4-6-13(18)11-12/h4-6,11H,7-10H2,1-3H3,(H,19,22)(H,20,21). The Morgan fingerprint density at radius 3 is 2.57 bits per heavy atom. The maximum Gasteiger partial charge on any atom is 0.407 e. The van der Waals surface area contributed by atoms with E-state index in [2.05, 4.69) is 26.6 Å². The lowest BCUT2D eigenvalue weighted by atomic mass is 10.0. The smallest absolute Gasteiger partial charge is 0.407 e. The molecule has 23 heavy (non-hydrogen) atoms. The fourth-order valence-electron chi connectivity index (χ4n) is 2.32. The lowest BCUT2D eigenvalue weighted by Gasteiger charge is -2.20. The van der Waals surface area contributed by atoms with E-state index in [0.717, 1.165) is 22.9 Å². The number of benzene rings is 1. The van der Waals surface area contributed by atoms with Crippen LogP contribution in [0.25, 0.3) is 0 Å². The number of carbonyl (C=O) groups is 2. The molecule has 0 aromatic heterocycles. The Labute approximate surface area is 145 Å². The van der Waals surface area contributed by atoms with Crippen molar-refractivity contribution >= 4 is 27.9 Å². The van der Waals surface area contributed by atoms with Crippen LogP contribution in [-0.4, -0.2) is 24.1 Å². The minimum Gasteiger partial charge on any atom is -0.444 e. The van der Waals surface area contributed by atoms with Gasteiger partial charge in [-0.05, 0) is 51.3 Å². The van der Waals surface area contributed by atoms with Crippen molar-refractivity contribution in [2.75, 3.05) is 6.54 Å². The van der Waals surface area contributed by atoms with Crippen molar-refractivity contribution in [3.63, 3.8) is 0 Å². The van der Waals surface area contributed by atoms with Crippen LogP contribution in [0, 0.1) is 0 Å². The first-order chi connectivity index (χ1) is 10.7. The van der Waals surface area contributed by atoms with Crippen LogP contribution in [0.4, 0.5) is 4.79 Å². The lowest BCUT2D eigenvalue weighted by Crippen LogP contribution is -2.38. The number of rotatable bonds is 5. The maximum atomic E-state index is 12.1. The highest BCUT2D eigenvalue weighted by Crippen LogP contribution is 2.46. The third kappa shape index (κ3) is 5.53. The largest absolute Gasteiger partial charge is 0.444 e. The van der Waals surface area contributed by atoms with E-state index in [1.54, 1.807) is 20.8 Å². The van der Waals surface area contributed by atoms with E-state index in [4.69, 9.17) is 4.74 Å². The van der Waals surface area contributed by atoms with Crippen LogP contribution in [-0.2, 0) is 15.1 Å². The van der Waals surface area contributed by atoms with E-state index < -0.39 is 11.7 Å². The third-order valence-corrected chi connectivity index (χ3v) is 4.02. The molecule has 1 aliphatic rings. The van der Waals surface area contributed by atoms with Gasteiger partial charge in [0.1, 0.15) is 5.60 Å². The van der Waals surface area contributed by atoms with Gasteiger partial charge < -0.3 is 15.4 Å². The van der Waals surface area contributed by atoms with Crippen molar-refractivity contribution in [3.05, 3.63) is 34.3 Å². The second-order valence-corrected chi connectivity index (χ2v) is 7.73. The van der Waals surface area contributed by atoms with Gasteiger partial charge in [0.05, 0.1) is 5.54 Å². The molecule has 0 unspecified atom stereocenters. The number of alkyl carbamates (subject to hydrolysis) is 1. The molecule has 0 radical (unpaired) electrons. The van der Waals surface area contributed by atoms with E-state index in [1.165, 1.54) is 0 Å². The molecular formula is C17H23BrN2O3. The normalized spacial score (nSPS) is 15.7. The summed E-state index contributed by atoms with van der Waals surface area (Å²) in [5, 5.41) is 5.68. The summed E-state index contributed by atoms with van der Waals surface area (Å²) in [6.07, 6.45) is 1.61. The number of hydrogen-bond acceptors (Lipinski definition) is 3. The van der Waals surface area contributed by atoms with Gasteiger partial charge in [0.2, 0.25) is 5.91 Å². The van der Waals surface area contributed by atoms with Crippen LogP contribution in [0.2, 0.25) is 0 Å². The quantitative estimate of drug-likeness (QED) is 0.818. The van der Waals surface area contributed by atoms with Crippen molar-refractivity contribution < 1.29 is 14.3 Å². The molecule has 0 atom stereocenters. The van der Waals surface area contributed by atoms with Crippen molar-refractivity contribution in [1.82, 2.24) is 10.6 Å². The molecule has 0 aliphatic heterocycles. The summed E-state index contributed by atoms with van der Waals surface area (Å²) in [4.78, 5) is 23.6. The summed E-state index contributed by atoms with van der Waals surface area (Å²) in [6.45, 7) is 5.66. The summed E-state index contributed by atoms with van der Waals surface area (Å²) in [6, 6.07) is 7.99. The van der Waals surface area contributed by atoms with Gasteiger partial charge in [-0.1, -0.05) is 28.1 Å². The Balaban J connectivity index is 1.78. The fraction of sp³-hybridized carbons (Fsp3) is 0.529. The minimum atomic E-state index is -0.537. The van der Waals surface area contributed by atoms with Gasteiger partial charge in [0.25, 0.3) is 0 Å². The summed E-state index contributed by atoms with van der Waals surface area (Å²) in [5.74, 6) is -0.0708. The molecular weight excluding hydrogens is 360 g/mol. The van der Waals surface area contributed by atoms with Crippen LogP contribution in [0.1, 0.15) is 45.6 Å². The predicted octanol–water partition coefficient (Wildman–Crippen LogP) is 3.47. The molecule has 0 heterocycles. The summed E-state index contributed by atoms with van der Waals surface area (Å²) in [5.41, 5.74) is 0.332. The van der Waals surface area contributed by atoms with Gasteiger partial charge in [-0.15, -0.1) is 0 Å². The van der Waals surface area contributed by atoms with E-state index in [0.29, 0.717) is 0 Å². The van der Waals surface area contributed by atoms with Crippen molar-refractivity contribution in [1.29, 1.82) is 0 Å².